The first-order valence-electron chi connectivity index (χ1n) is 7.80. The van der Waals surface area contributed by atoms with Crippen molar-refractivity contribution in [3.05, 3.63) is 35.9 Å². The van der Waals surface area contributed by atoms with Gasteiger partial charge in [-0.2, -0.15) is 0 Å². The van der Waals surface area contributed by atoms with E-state index in [1.807, 2.05) is 13.1 Å². The highest BCUT2D eigenvalue weighted by atomic mass is 16.2. The molecule has 2 aliphatic carbocycles. The summed E-state index contributed by atoms with van der Waals surface area (Å²) in [6.45, 7) is 0. The fraction of sp³-hybridized carbons (Fsp3) is 0.588. The van der Waals surface area contributed by atoms with Gasteiger partial charge in [-0.15, -0.1) is 0 Å². The Labute approximate surface area is 121 Å². The molecule has 1 amide bonds. The number of carbonyl (C=O) groups is 1. The van der Waals surface area contributed by atoms with Gasteiger partial charge in [0.25, 0.3) is 0 Å². The molecule has 1 aromatic rings. The van der Waals surface area contributed by atoms with Crippen molar-refractivity contribution in [2.24, 2.45) is 5.92 Å². The smallest absolute Gasteiger partial charge is 0.223 e. The van der Waals surface area contributed by atoms with Crippen LogP contribution in [0.1, 0.15) is 43.6 Å². The van der Waals surface area contributed by atoms with Crippen LogP contribution in [-0.4, -0.2) is 25.0 Å². The molecule has 0 aliphatic heterocycles. The van der Waals surface area contributed by atoms with Crippen LogP contribution in [0.25, 0.3) is 0 Å². The van der Waals surface area contributed by atoms with Crippen LogP contribution in [0.15, 0.2) is 30.3 Å². The molecular formula is C17H24N2O. The van der Waals surface area contributed by atoms with Crippen LogP contribution in [0.2, 0.25) is 0 Å². The van der Waals surface area contributed by atoms with E-state index in [4.69, 9.17) is 0 Å². The molecule has 2 N–H and O–H groups in total. The first-order chi connectivity index (χ1) is 9.78. The molecule has 108 valence electrons. The van der Waals surface area contributed by atoms with Crippen molar-refractivity contribution in [1.29, 1.82) is 0 Å². The van der Waals surface area contributed by atoms with Gasteiger partial charge in [0.2, 0.25) is 5.91 Å². The van der Waals surface area contributed by atoms with E-state index < -0.39 is 0 Å². The second-order valence-corrected chi connectivity index (χ2v) is 6.21. The Kier molecular flexibility index (Phi) is 4.06. The van der Waals surface area contributed by atoms with Gasteiger partial charge in [0.1, 0.15) is 0 Å². The summed E-state index contributed by atoms with van der Waals surface area (Å²) in [5.41, 5.74) is 1.31. The standard InChI is InChI=1S/C17H24N2O/c1-18-13-7-9-14(10-8-13)19-17(20)16-11-15(16)12-5-3-2-4-6-12/h2-6,13-16,18H,7-11H2,1H3,(H,19,20). The average molecular weight is 272 g/mol. The number of hydrogen-bond acceptors (Lipinski definition) is 2. The van der Waals surface area contributed by atoms with Crippen molar-refractivity contribution in [3.63, 3.8) is 0 Å². The molecule has 0 bridgehead atoms. The predicted molar refractivity (Wildman–Crippen MR) is 80.5 cm³/mol. The molecule has 2 saturated carbocycles. The molecule has 2 atom stereocenters. The van der Waals surface area contributed by atoms with Crippen LogP contribution in [0, 0.1) is 5.92 Å². The Morgan fingerprint density at radius 1 is 1.05 bits per heavy atom. The van der Waals surface area contributed by atoms with Crippen molar-refractivity contribution in [1.82, 2.24) is 10.6 Å². The normalized spacial score (nSPS) is 32.6. The van der Waals surface area contributed by atoms with Crippen LogP contribution in [-0.2, 0) is 4.79 Å². The number of carbonyl (C=O) groups excluding carboxylic acids is 1. The molecule has 3 rings (SSSR count). The zero-order valence-corrected chi connectivity index (χ0v) is 12.1. The monoisotopic (exact) mass is 272 g/mol. The van der Waals surface area contributed by atoms with Crippen molar-refractivity contribution in [2.45, 2.75) is 50.1 Å². The Morgan fingerprint density at radius 2 is 1.70 bits per heavy atom. The summed E-state index contributed by atoms with van der Waals surface area (Å²) in [4.78, 5) is 12.3. The number of benzene rings is 1. The van der Waals surface area contributed by atoms with E-state index in [-0.39, 0.29) is 11.8 Å². The van der Waals surface area contributed by atoms with E-state index in [0.29, 0.717) is 18.0 Å². The summed E-state index contributed by atoms with van der Waals surface area (Å²) in [6, 6.07) is 11.4. The second-order valence-electron chi connectivity index (χ2n) is 6.21. The summed E-state index contributed by atoms with van der Waals surface area (Å²) < 4.78 is 0. The third-order valence-corrected chi connectivity index (χ3v) is 4.84. The number of hydrogen-bond donors (Lipinski definition) is 2. The maximum absolute atomic E-state index is 12.3. The fourth-order valence-corrected chi connectivity index (χ4v) is 3.39. The van der Waals surface area contributed by atoms with Gasteiger partial charge < -0.3 is 10.6 Å². The first kappa shape index (κ1) is 13.6. The van der Waals surface area contributed by atoms with Gasteiger partial charge in [-0.1, -0.05) is 30.3 Å². The lowest BCUT2D eigenvalue weighted by Gasteiger charge is -2.28. The van der Waals surface area contributed by atoms with Crippen molar-refractivity contribution < 1.29 is 4.79 Å². The zero-order valence-electron chi connectivity index (χ0n) is 12.1. The van der Waals surface area contributed by atoms with E-state index >= 15 is 0 Å². The topological polar surface area (TPSA) is 41.1 Å². The van der Waals surface area contributed by atoms with Gasteiger partial charge in [-0.05, 0) is 50.6 Å². The van der Waals surface area contributed by atoms with Crippen molar-refractivity contribution in [2.75, 3.05) is 7.05 Å². The summed E-state index contributed by atoms with van der Waals surface area (Å²) >= 11 is 0. The van der Waals surface area contributed by atoms with Crippen LogP contribution >= 0.6 is 0 Å². The number of amides is 1. The summed E-state index contributed by atoms with van der Waals surface area (Å²) in [6.07, 6.45) is 5.59. The summed E-state index contributed by atoms with van der Waals surface area (Å²) in [5, 5.41) is 6.59. The minimum absolute atomic E-state index is 0.208. The lowest BCUT2D eigenvalue weighted by Crippen LogP contribution is -2.42. The van der Waals surface area contributed by atoms with E-state index in [0.717, 1.165) is 19.3 Å². The SMILES string of the molecule is CNC1CCC(NC(=O)C2CC2c2ccccc2)CC1. The quantitative estimate of drug-likeness (QED) is 0.884. The highest BCUT2D eigenvalue weighted by molar-refractivity contribution is 5.83. The van der Waals surface area contributed by atoms with Gasteiger partial charge in [0.05, 0.1) is 0 Å². The van der Waals surface area contributed by atoms with E-state index in [1.54, 1.807) is 0 Å². The Morgan fingerprint density at radius 3 is 2.35 bits per heavy atom. The Bertz CT molecular complexity index is 451. The van der Waals surface area contributed by atoms with Gasteiger partial charge >= 0.3 is 0 Å². The van der Waals surface area contributed by atoms with Crippen LogP contribution in [0.4, 0.5) is 0 Å². The molecule has 2 aliphatic rings. The van der Waals surface area contributed by atoms with Gasteiger partial charge in [-0.3, -0.25) is 4.79 Å². The highest BCUT2D eigenvalue weighted by Gasteiger charge is 2.44. The third kappa shape index (κ3) is 3.04. The molecular weight excluding hydrogens is 248 g/mol. The molecule has 0 radical (unpaired) electrons. The third-order valence-electron chi connectivity index (χ3n) is 4.84. The molecule has 0 saturated heterocycles. The van der Waals surface area contributed by atoms with Crippen molar-refractivity contribution >= 4 is 5.91 Å². The summed E-state index contributed by atoms with van der Waals surface area (Å²) in [5.74, 6) is 0.927. The lowest BCUT2D eigenvalue weighted by molar-refractivity contribution is -0.123. The minimum atomic E-state index is 0.208. The molecule has 0 heterocycles. The Balaban J connectivity index is 1.47. The molecule has 3 heteroatoms. The number of nitrogens with one attached hydrogen (secondary N) is 2. The maximum atomic E-state index is 12.3. The first-order valence-corrected chi connectivity index (χ1v) is 7.80. The second kappa shape index (κ2) is 5.96. The van der Waals surface area contributed by atoms with Crippen LogP contribution in [0.3, 0.4) is 0 Å². The fourth-order valence-electron chi connectivity index (χ4n) is 3.39. The van der Waals surface area contributed by atoms with Crippen molar-refractivity contribution in [3.8, 4) is 0 Å². The molecule has 2 unspecified atom stereocenters. The number of rotatable bonds is 4. The van der Waals surface area contributed by atoms with Gasteiger partial charge in [0.15, 0.2) is 0 Å². The molecule has 2 fully saturated rings. The van der Waals surface area contributed by atoms with Gasteiger partial charge in [0, 0.05) is 18.0 Å². The largest absolute Gasteiger partial charge is 0.353 e. The predicted octanol–water partition coefficient (Wildman–Crippen LogP) is 2.44. The maximum Gasteiger partial charge on any atom is 0.223 e. The molecule has 0 aromatic heterocycles. The van der Waals surface area contributed by atoms with E-state index in [2.05, 4.69) is 34.9 Å². The summed E-state index contributed by atoms with van der Waals surface area (Å²) in [7, 11) is 2.03. The highest BCUT2D eigenvalue weighted by Crippen LogP contribution is 2.47. The average Bonchev–Trinajstić information content (AvgIpc) is 3.29. The van der Waals surface area contributed by atoms with E-state index in [1.165, 1.54) is 18.4 Å². The Hall–Kier alpha value is -1.35. The molecule has 1 aromatic carbocycles. The van der Waals surface area contributed by atoms with Crippen LogP contribution in [0.5, 0.6) is 0 Å². The molecule has 3 nitrogen and oxygen atoms in total. The zero-order chi connectivity index (χ0) is 13.9. The minimum Gasteiger partial charge on any atom is -0.353 e. The lowest BCUT2D eigenvalue weighted by atomic mass is 9.91. The van der Waals surface area contributed by atoms with Crippen LogP contribution < -0.4 is 10.6 Å². The van der Waals surface area contributed by atoms with Gasteiger partial charge in [-0.25, -0.2) is 0 Å². The van der Waals surface area contributed by atoms with E-state index in [9.17, 15) is 4.79 Å². The molecule has 20 heavy (non-hydrogen) atoms. The molecule has 0 spiro atoms.